The molecule has 1 saturated carbocycles. The van der Waals surface area contributed by atoms with Gasteiger partial charge in [-0.25, -0.2) is 9.50 Å². The quantitative estimate of drug-likeness (QED) is 0.936. The summed E-state index contributed by atoms with van der Waals surface area (Å²) in [7, 11) is 1.78. The van der Waals surface area contributed by atoms with Gasteiger partial charge in [0.2, 0.25) is 0 Å². The first kappa shape index (κ1) is 16.9. The average molecular weight is 330 g/mol. The molecule has 0 spiro atoms. The van der Waals surface area contributed by atoms with Crippen molar-refractivity contribution in [3.05, 3.63) is 29.2 Å². The number of aryl methyl sites for hydroxylation is 2. The number of nitrogens with zero attached hydrogens (tertiary/aromatic N) is 3. The Morgan fingerprint density at radius 1 is 1.33 bits per heavy atom. The SMILES string of the molecule is CO[C@H]1CC[C@H]([C@@H](C)NC(=O)c2cnn3c(C)cc(C)nc23)CC1. The molecule has 1 fully saturated rings. The van der Waals surface area contributed by atoms with Gasteiger partial charge in [-0.3, -0.25) is 4.79 Å². The lowest BCUT2D eigenvalue weighted by molar-refractivity contribution is 0.0507. The predicted molar refractivity (Wildman–Crippen MR) is 92.1 cm³/mol. The number of hydrogen-bond acceptors (Lipinski definition) is 4. The summed E-state index contributed by atoms with van der Waals surface area (Å²) in [4.78, 5) is 17.2. The molecule has 0 aliphatic heterocycles. The van der Waals surface area contributed by atoms with Crippen LogP contribution in [0.15, 0.2) is 12.3 Å². The zero-order chi connectivity index (χ0) is 17.3. The molecule has 1 amide bonds. The second-order valence-corrected chi connectivity index (χ2v) is 6.87. The molecular formula is C18H26N4O2. The van der Waals surface area contributed by atoms with E-state index < -0.39 is 0 Å². The summed E-state index contributed by atoms with van der Waals surface area (Å²) < 4.78 is 7.14. The number of hydrogen-bond donors (Lipinski definition) is 1. The summed E-state index contributed by atoms with van der Waals surface area (Å²) in [6.07, 6.45) is 6.30. The molecule has 0 saturated heterocycles. The van der Waals surface area contributed by atoms with E-state index in [4.69, 9.17) is 4.74 Å². The van der Waals surface area contributed by atoms with Crippen LogP contribution in [-0.4, -0.2) is 39.8 Å². The van der Waals surface area contributed by atoms with Crippen molar-refractivity contribution in [2.24, 2.45) is 5.92 Å². The Morgan fingerprint density at radius 2 is 2.04 bits per heavy atom. The van der Waals surface area contributed by atoms with Gasteiger partial charge in [0.05, 0.1) is 12.3 Å². The highest BCUT2D eigenvalue weighted by molar-refractivity contribution is 5.99. The maximum atomic E-state index is 12.7. The lowest BCUT2D eigenvalue weighted by atomic mass is 9.83. The Morgan fingerprint density at radius 3 is 2.71 bits per heavy atom. The number of carbonyl (C=O) groups excluding carboxylic acids is 1. The van der Waals surface area contributed by atoms with E-state index in [2.05, 4.69) is 22.3 Å². The number of aromatic nitrogens is 3. The van der Waals surface area contributed by atoms with Gasteiger partial charge in [0, 0.05) is 24.5 Å². The molecule has 0 radical (unpaired) electrons. The number of fused-ring (bicyclic) bond motifs is 1. The van der Waals surface area contributed by atoms with Gasteiger partial charge in [0.15, 0.2) is 5.65 Å². The monoisotopic (exact) mass is 330 g/mol. The minimum atomic E-state index is -0.0936. The number of nitrogens with one attached hydrogen (secondary N) is 1. The minimum absolute atomic E-state index is 0.0936. The van der Waals surface area contributed by atoms with E-state index >= 15 is 0 Å². The Hall–Kier alpha value is -1.95. The van der Waals surface area contributed by atoms with Crippen LogP contribution in [0.4, 0.5) is 0 Å². The van der Waals surface area contributed by atoms with Gasteiger partial charge < -0.3 is 10.1 Å². The molecule has 1 aliphatic carbocycles. The van der Waals surface area contributed by atoms with Crippen LogP contribution in [-0.2, 0) is 4.74 Å². The molecular weight excluding hydrogens is 304 g/mol. The third-order valence-electron chi connectivity index (χ3n) is 5.14. The van der Waals surface area contributed by atoms with E-state index in [1.807, 2.05) is 19.9 Å². The van der Waals surface area contributed by atoms with Crippen LogP contribution in [0.25, 0.3) is 5.65 Å². The van der Waals surface area contributed by atoms with Crippen LogP contribution in [0.3, 0.4) is 0 Å². The van der Waals surface area contributed by atoms with Gasteiger partial charge in [0.1, 0.15) is 5.56 Å². The molecule has 6 nitrogen and oxygen atoms in total. The van der Waals surface area contributed by atoms with Crippen molar-refractivity contribution in [2.45, 2.75) is 58.6 Å². The van der Waals surface area contributed by atoms with Crippen LogP contribution in [0, 0.1) is 19.8 Å². The summed E-state index contributed by atoms with van der Waals surface area (Å²) in [5.74, 6) is 0.405. The lowest BCUT2D eigenvalue weighted by Crippen LogP contribution is -2.40. The lowest BCUT2D eigenvalue weighted by Gasteiger charge is -2.31. The van der Waals surface area contributed by atoms with E-state index in [9.17, 15) is 4.79 Å². The maximum Gasteiger partial charge on any atom is 0.256 e. The third-order valence-corrected chi connectivity index (χ3v) is 5.14. The normalized spacial score (nSPS) is 22.5. The molecule has 1 aliphatic rings. The van der Waals surface area contributed by atoms with Gasteiger partial charge in [0.25, 0.3) is 5.91 Å². The van der Waals surface area contributed by atoms with Crippen molar-refractivity contribution in [3.8, 4) is 0 Å². The van der Waals surface area contributed by atoms with E-state index in [0.717, 1.165) is 37.1 Å². The fourth-order valence-corrected chi connectivity index (χ4v) is 3.66. The highest BCUT2D eigenvalue weighted by Crippen LogP contribution is 2.28. The van der Waals surface area contributed by atoms with Gasteiger partial charge in [-0.2, -0.15) is 5.10 Å². The number of methoxy groups -OCH3 is 1. The van der Waals surface area contributed by atoms with Gasteiger partial charge >= 0.3 is 0 Å². The fourth-order valence-electron chi connectivity index (χ4n) is 3.66. The van der Waals surface area contributed by atoms with Gasteiger partial charge in [-0.1, -0.05) is 0 Å². The van der Waals surface area contributed by atoms with E-state index in [-0.39, 0.29) is 11.9 Å². The van der Waals surface area contributed by atoms with Crippen molar-refractivity contribution >= 4 is 11.6 Å². The molecule has 130 valence electrons. The Bertz CT molecular complexity index is 732. The molecule has 6 heteroatoms. The average Bonchev–Trinajstić information content (AvgIpc) is 2.99. The van der Waals surface area contributed by atoms with E-state index in [0.29, 0.717) is 23.2 Å². The number of amides is 1. The molecule has 1 N–H and O–H groups in total. The molecule has 24 heavy (non-hydrogen) atoms. The van der Waals surface area contributed by atoms with Gasteiger partial charge in [-0.05, 0) is 58.4 Å². The third kappa shape index (κ3) is 3.29. The number of rotatable bonds is 4. The number of ether oxygens (including phenoxy) is 1. The standard InChI is InChI=1S/C18H26N4O2/c1-11-9-12(2)22-17(20-11)16(10-19-22)18(23)21-13(3)14-5-7-15(24-4)8-6-14/h9-10,13-15H,5-8H2,1-4H3,(H,21,23)/t13-,14-,15-/m1/s1. The van der Waals surface area contributed by atoms with Crippen LogP contribution in [0.1, 0.15) is 54.4 Å². The molecule has 2 aromatic heterocycles. The van der Waals surface area contributed by atoms with Crippen molar-refractivity contribution in [2.75, 3.05) is 7.11 Å². The zero-order valence-electron chi connectivity index (χ0n) is 14.9. The van der Waals surface area contributed by atoms with Crippen molar-refractivity contribution in [1.82, 2.24) is 19.9 Å². The number of carbonyl (C=O) groups is 1. The van der Waals surface area contributed by atoms with Gasteiger partial charge in [-0.15, -0.1) is 0 Å². The predicted octanol–water partition coefficient (Wildman–Crippen LogP) is 2.67. The maximum absolute atomic E-state index is 12.7. The first-order valence-corrected chi connectivity index (χ1v) is 8.65. The summed E-state index contributed by atoms with van der Waals surface area (Å²) in [6, 6.07) is 2.09. The molecule has 1 atom stereocenters. The molecule has 2 aromatic rings. The summed E-state index contributed by atoms with van der Waals surface area (Å²) in [5, 5.41) is 7.44. The second kappa shape index (κ2) is 6.89. The smallest absolute Gasteiger partial charge is 0.256 e. The molecule has 0 unspecified atom stereocenters. The first-order valence-electron chi connectivity index (χ1n) is 8.65. The first-order chi connectivity index (χ1) is 11.5. The highest BCUT2D eigenvalue weighted by Gasteiger charge is 2.27. The van der Waals surface area contributed by atoms with Crippen molar-refractivity contribution < 1.29 is 9.53 Å². The fraction of sp³-hybridized carbons (Fsp3) is 0.611. The zero-order valence-corrected chi connectivity index (χ0v) is 14.9. The highest BCUT2D eigenvalue weighted by atomic mass is 16.5. The molecule has 3 rings (SSSR count). The minimum Gasteiger partial charge on any atom is -0.381 e. The van der Waals surface area contributed by atoms with Crippen molar-refractivity contribution in [1.29, 1.82) is 0 Å². The Labute approximate surface area is 142 Å². The molecule has 2 heterocycles. The second-order valence-electron chi connectivity index (χ2n) is 6.87. The summed E-state index contributed by atoms with van der Waals surface area (Å²) in [6.45, 7) is 5.98. The summed E-state index contributed by atoms with van der Waals surface area (Å²) in [5.41, 5.74) is 3.03. The van der Waals surface area contributed by atoms with Crippen LogP contribution in [0.2, 0.25) is 0 Å². The molecule has 0 bridgehead atoms. The largest absolute Gasteiger partial charge is 0.381 e. The summed E-state index contributed by atoms with van der Waals surface area (Å²) >= 11 is 0. The van der Waals surface area contributed by atoms with E-state index in [1.165, 1.54) is 0 Å². The topological polar surface area (TPSA) is 68.5 Å². The van der Waals surface area contributed by atoms with Crippen LogP contribution >= 0.6 is 0 Å². The van der Waals surface area contributed by atoms with Crippen molar-refractivity contribution in [3.63, 3.8) is 0 Å². The Kier molecular flexibility index (Phi) is 4.85. The van der Waals surface area contributed by atoms with Crippen LogP contribution in [0.5, 0.6) is 0 Å². The molecule has 0 aromatic carbocycles. The van der Waals surface area contributed by atoms with Crippen LogP contribution < -0.4 is 5.32 Å². The Balaban J connectivity index is 1.71. The van der Waals surface area contributed by atoms with E-state index in [1.54, 1.807) is 17.8 Å².